The van der Waals surface area contributed by atoms with Crippen LogP contribution >= 0.6 is 0 Å². The number of allylic oxidation sites excluding steroid dienone is 4. The summed E-state index contributed by atoms with van der Waals surface area (Å²) >= 11 is 0. The molecule has 0 saturated carbocycles. The van der Waals surface area contributed by atoms with Gasteiger partial charge in [-0.05, 0) is 31.1 Å². The lowest BCUT2D eigenvalue weighted by molar-refractivity contribution is 1.13. The third-order valence-corrected chi connectivity index (χ3v) is 3.46. The maximum absolute atomic E-state index is 9.47. The number of rotatable bonds is 5. The minimum Gasteiger partial charge on any atom is -0.285 e. The first-order valence-electron chi connectivity index (χ1n) is 7.74. The standard InChI is InChI=1S/C21H20N2/c1-3-17(16-22)20(18-11-7-5-8-12-18)15-21(23-4-2)19-13-9-6-10-14-19/h3,5-15H,4H2,1-2H3/b17-3+,20-15+,23-21?. The summed E-state index contributed by atoms with van der Waals surface area (Å²) in [6.07, 6.45) is 3.85. The molecule has 2 aromatic rings. The van der Waals surface area contributed by atoms with Gasteiger partial charge in [-0.1, -0.05) is 66.7 Å². The fourth-order valence-electron chi connectivity index (χ4n) is 2.35. The van der Waals surface area contributed by atoms with Crippen LogP contribution in [-0.2, 0) is 0 Å². The average molecular weight is 300 g/mol. The van der Waals surface area contributed by atoms with Crippen molar-refractivity contribution in [2.24, 2.45) is 4.99 Å². The number of benzene rings is 2. The molecule has 0 fully saturated rings. The highest BCUT2D eigenvalue weighted by Crippen LogP contribution is 2.23. The van der Waals surface area contributed by atoms with Crippen molar-refractivity contribution in [2.45, 2.75) is 13.8 Å². The lowest BCUT2D eigenvalue weighted by Gasteiger charge is -2.09. The SMILES string of the molecule is C/C=C(C#N)/C(=C\C(=NCC)c1ccccc1)c1ccccc1. The number of hydrogen-bond acceptors (Lipinski definition) is 2. The lowest BCUT2D eigenvalue weighted by Crippen LogP contribution is -2.01. The Morgan fingerprint density at radius 2 is 1.57 bits per heavy atom. The zero-order chi connectivity index (χ0) is 16.5. The predicted molar refractivity (Wildman–Crippen MR) is 97.3 cm³/mol. The van der Waals surface area contributed by atoms with Crippen LogP contribution in [0.3, 0.4) is 0 Å². The zero-order valence-corrected chi connectivity index (χ0v) is 13.5. The molecule has 0 aliphatic heterocycles. The van der Waals surface area contributed by atoms with E-state index in [9.17, 15) is 5.26 Å². The van der Waals surface area contributed by atoms with Gasteiger partial charge in [-0.25, -0.2) is 0 Å². The first-order chi connectivity index (χ1) is 11.3. The molecule has 2 rings (SSSR count). The minimum atomic E-state index is 0.649. The Balaban J connectivity index is 2.59. The van der Waals surface area contributed by atoms with Crippen LogP contribution < -0.4 is 0 Å². The predicted octanol–water partition coefficient (Wildman–Crippen LogP) is 5.05. The first-order valence-corrected chi connectivity index (χ1v) is 7.74. The van der Waals surface area contributed by atoms with Crippen LogP contribution in [0.2, 0.25) is 0 Å². The van der Waals surface area contributed by atoms with Crippen molar-refractivity contribution >= 4 is 11.3 Å². The van der Waals surface area contributed by atoms with Gasteiger partial charge in [-0.3, -0.25) is 4.99 Å². The van der Waals surface area contributed by atoms with Gasteiger partial charge in [0.2, 0.25) is 0 Å². The van der Waals surface area contributed by atoms with Gasteiger partial charge in [0.1, 0.15) is 0 Å². The van der Waals surface area contributed by atoms with Crippen LogP contribution in [0.5, 0.6) is 0 Å². The van der Waals surface area contributed by atoms with Crippen molar-refractivity contribution in [1.82, 2.24) is 0 Å². The van der Waals surface area contributed by atoms with Crippen molar-refractivity contribution < 1.29 is 0 Å². The van der Waals surface area contributed by atoms with Crippen molar-refractivity contribution in [3.63, 3.8) is 0 Å². The van der Waals surface area contributed by atoms with Crippen molar-refractivity contribution in [3.05, 3.63) is 89.5 Å². The minimum absolute atomic E-state index is 0.649. The molecule has 2 heteroatoms. The van der Waals surface area contributed by atoms with Gasteiger partial charge >= 0.3 is 0 Å². The number of nitrogens with zero attached hydrogens (tertiary/aromatic N) is 2. The highest BCUT2D eigenvalue weighted by atomic mass is 14.7. The molecular formula is C21H20N2. The van der Waals surface area contributed by atoms with Gasteiger partial charge in [-0.15, -0.1) is 0 Å². The van der Waals surface area contributed by atoms with Crippen LogP contribution in [0.15, 0.2) is 83.4 Å². The van der Waals surface area contributed by atoms with Crippen molar-refractivity contribution in [2.75, 3.05) is 6.54 Å². The van der Waals surface area contributed by atoms with E-state index in [1.54, 1.807) is 0 Å². The molecule has 0 bridgehead atoms. The topological polar surface area (TPSA) is 36.1 Å². The van der Waals surface area contributed by atoms with Crippen LogP contribution in [0.1, 0.15) is 25.0 Å². The van der Waals surface area contributed by atoms with Gasteiger partial charge in [0.05, 0.1) is 17.4 Å². The van der Waals surface area contributed by atoms with Crippen LogP contribution in [0.4, 0.5) is 0 Å². The molecule has 0 unspecified atom stereocenters. The average Bonchev–Trinajstić information content (AvgIpc) is 2.62. The van der Waals surface area contributed by atoms with E-state index < -0.39 is 0 Å². The Morgan fingerprint density at radius 3 is 2.04 bits per heavy atom. The quantitative estimate of drug-likeness (QED) is 0.432. The zero-order valence-electron chi connectivity index (χ0n) is 13.5. The lowest BCUT2D eigenvalue weighted by atomic mass is 9.95. The second-order valence-corrected chi connectivity index (χ2v) is 4.96. The van der Waals surface area contributed by atoms with E-state index in [1.165, 1.54) is 0 Å². The summed E-state index contributed by atoms with van der Waals surface area (Å²) in [7, 11) is 0. The normalized spacial score (nSPS) is 12.8. The molecule has 0 aliphatic rings. The molecule has 114 valence electrons. The molecule has 0 radical (unpaired) electrons. The third kappa shape index (κ3) is 4.28. The van der Waals surface area contributed by atoms with E-state index in [0.29, 0.717) is 12.1 Å². The Hall–Kier alpha value is -2.92. The maximum atomic E-state index is 9.47. The Morgan fingerprint density at radius 1 is 1.00 bits per heavy atom. The van der Waals surface area contributed by atoms with Crippen LogP contribution in [0.25, 0.3) is 5.57 Å². The summed E-state index contributed by atoms with van der Waals surface area (Å²) in [5.41, 5.74) is 4.50. The summed E-state index contributed by atoms with van der Waals surface area (Å²) in [6.45, 7) is 4.59. The Bertz CT molecular complexity index is 760. The molecule has 0 aromatic heterocycles. The maximum Gasteiger partial charge on any atom is 0.0994 e. The van der Waals surface area contributed by atoms with Gasteiger partial charge in [0.25, 0.3) is 0 Å². The largest absolute Gasteiger partial charge is 0.285 e. The third-order valence-electron chi connectivity index (χ3n) is 3.46. The molecule has 2 nitrogen and oxygen atoms in total. The van der Waals surface area contributed by atoms with Crippen LogP contribution in [-0.4, -0.2) is 12.3 Å². The highest BCUT2D eigenvalue weighted by molar-refractivity contribution is 6.14. The van der Waals surface area contributed by atoms with Crippen molar-refractivity contribution in [1.29, 1.82) is 5.26 Å². The first kappa shape index (κ1) is 16.5. The highest BCUT2D eigenvalue weighted by Gasteiger charge is 2.09. The molecule has 0 heterocycles. The van der Waals surface area contributed by atoms with E-state index in [-0.39, 0.29) is 0 Å². The summed E-state index contributed by atoms with van der Waals surface area (Å²) in [5, 5.41) is 9.47. The van der Waals surface area contributed by atoms with E-state index in [1.807, 2.05) is 86.7 Å². The molecular weight excluding hydrogens is 280 g/mol. The molecule has 0 atom stereocenters. The molecule has 0 N–H and O–H groups in total. The van der Waals surface area contributed by atoms with Gasteiger partial charge in [0.15, 0.2) is 0 Å². The van der Waals surface area contributed by atoms with Crippen molar-refractivity contribution in [3.8, 4) is 6.07 Å². The number of hydrogen-bond donors (Lipinski definition) is 0. The number of nitriles is 1. The van der Waals surface area contributed by atoms with E-state index in [0.717, 1.165) is 22.4 Å². The molecule has 0 amide bonds. The summed E-state index contributed by atoms with van der Waals surface area (Å²) in [4.78, 5) is 4.61. The molecule has 2 aromatic carbocycles. The Kier molecular flexibility index (Phi) is 6.08. The fraction of sp³-hybridized carbons (Fsp3) is 0.143. The Labute approximate surface area is 138 Å². The molecule has 0 aliphatic carbocycles. The monoisotopic (exact) mass is 300 g/mol. The van der Waals surface area contributed by atoms with Gasteiger partial charge in [0, 0.05) is 12.1 Å². The fourth-order valence-corrected chi connectivity index (χ4v) is 2.35. The molecule has 0 saturated heterocycles. The van der Waals surface area contributed by atoms with Gasteiger partial charge in [-0.2, -0.15) is 5.26 Å². The smallest absolute Gasteiger partial charge is 0.0994 e. The summed E-state index contributed by atoms with van der Waals surface area (Å²) in [5.74, 6) is 0. The second kappa shape index (κ2) is 8.51. The summed E-state index contributed by atoms with van der Waals surface area (Å²) in [6, 6.07) is 22.3. The number of aliphatic imine (C=N–C) groups is 1. The van der Waals surface area contributed by atoms with Gasteiger partial charge < -0.3 is 0 Å². The summed E-state index contributed by atoms with van der Waals surface area (Å²) < 4.78 is 0. The van der Waals surface area contributed by atoms with E-state index in [2.05, 4.69) is 11.1 Å². The molecule has 0 spiro atoms. The molecule has 23 heavy (non-hydrogen) atoms. The van der Waals surface area contributed by atoms with E-state index in [4.69, 9.17) is 0 Å². The van der Waals surface area contributed by atoms with Crippen LogP contribution in [0, 0.1) is 11.3 Å². The second-order valence-electron chi connectivity index (χ2n) is 4.96. The van der Waals surface area contributed by atoms with E-state index >= 15 is 0 Å².